The number of fused-ring (bicyclic) bond motifs is 8. The molecule has 2 N–H and O–H groups in total. The van der Waals surface area contributed by atoms with Crippen molar-refractivity contribution in [3.8, 4) is 11.1 Å². The van der Waals surface area contributed by atoms with Gasteiger partial charge >= 0.3 is 0 Å². The lowest BCUT2D eigenvalue weighted by Crippen LogP contribution is -1.78. The molecule has 5 aromatic rings. The number of rotatable bonds is 1. The van der Waals surface area contributed by atoms with E-state index in [1.54, 1.807) is 0 Å². The lowest BCUT2D eigenvalue weighted by Gasteiger charge is -1.97. The fourth-order valence-electron chi connectivity index (χ4n) is 4.26. The Morgan fingerprint density at radius 1 is 0.417 bits per heavy atom. The van der Waals surface area contributed by atoms with E-state index >= 15 is 0 Å². The summed E-state index contributed by atoms with van der Waals surface area (Å²) in [6, 6.07) is 37.0. The highest BCUT2D eigenvalue weighted by atomic mass is 14.8. The van der Waals surface area contributed by atoms with Gasteiger partial charge in [0.1, 0.15) is 0 Å². The summed E-state index contributed by atoms with van der Waals surface area (Å²) < 4.78 is 0. The smallest absolute Gasteiger partial charge is 0.0659 e. The molecule has 172 valence electrons. The zero-order chi connectivity index (χ0) is 24.2. The highest BCUT2D eigenvalue weighted by Gasteiger charge is 2.06. The summed E-state index contributed by atoms with van der Waals surface area (Å²) in [5.74, 6) is 0. The summed E-state index contributed by atoms with van der Waals surface area (Å²) in [4.78, 5) is 16.4. The van der Waals surface area contributed by atoms with Gasteiger partial charge in [-0.25, -0.2) is 9.97 Å². The molecule has 36 heavy (non-hydrogen) atoms. The van der Waals surface area contributed by atoms with E-state index in [1.165, 1.54) is 5.56 Å². The van der Waals surface area contributed by atoms with Crippen molar-refractivity contribution >= 4 is 46.4 Å². The van der Waals surface area contributed by atoms with Crippen LogP contribution in [0.25, 0.3) is 57.5 Å². The monoisotopic (exact) mass is 464 g/mol. The predicted octanol–water partition coefficient (Wildman–Crippen LogP) is 8.01. The Labute approximate surface area is 209 Å². The second-order valence-electron chi connectivity index (χ2n) is 8.61. The van der Waals surface area contributed by atoms with E-state index in [0.717, 1.165) is 50.4 Å². The second-order valence-corrected chi connectivity index (χ2v) is 8.61. The molecule has 0 amide bonds. The van der Waals surface area contributed by atoms with Crippen molar-refractivity contribution in [3.63, 3.8) is 0 Å². The van der Waals surface area contributed by atoms with Gasteiger partial charge in [-0.15, -0.1) is 0 Å². The molecule has 2 aliphatic rings. The fourth-order valence-corrected chi connectivity index (χ4v) is 4.26. The third-order valence-electron chi connectivity index (χ3n) is 5.92. The number of benzene rings is 2. The molecular formula is C32H24N4. The van der Waals surface area contributed by atoms with Gasteiger partial charge in [0, 0.05) is 27.6 Å². The first-order chi connectivity index (χ1) is 17.8. The van der Waals surface area contributed by atoms with Crippen molar-refractivity contribution in [2.75, 3.05) is 0 Å². The van der Waals surface area contributed by atoms with Crippen LogP contribution in [-0.2, 0) is 0 Å². The molecule has 5 heterocycles. The topological polar surface area (TPSA) is 57.4 Å². The van der Waals surface area contributed by atoms with Gasteiger partial charge in [0.05, 0.1) is 22.8 Å². The minimum atomic E-state index is 0.903. The Balaban J connectivity index is 0.000000353. The van der Waals surface area contributed by atoms with Crippen molar-refractivity contribution in [2.24, 2.45) is 0 Å². The van der Waals surface area contributed by atoms with Crippen LogP contribution in [0.5, 0.6) is 0 Å². The lowest BCUT2D eigenvalue weighted by atomic mass is 10.1. The highest BCUT2D eigenvalue weighted by Crippen LogP contribution is 2.27. The van der Waals surface area contributed by atoms with Crippen LogP contribution >= 0.6 is 0 Å². The average Bonchev–Trinajstić information content (AvgIpc) is 3.72. The van der Waals surface area contributed by atoms with Crippen molar-refractivity contribution in [2.45, 2.75) is 0 Å². The molecule has 0 saturated heterocycles. The first-order valence-electron chi connectivity index (χ1n) is 11.9. The van der Waals surface area contributed by atoms with E-state index in [1.807, 2.05) is 78.9 Å². The predicted molar refractivity (Wildman–Crippen MR) is 151 cm³/mol. The van der Waals surface area contributed by atoms with Gasteiger partial charge in [0.25, 0.3) is 0 Å². The van der Waals surface area contributed by atoms with Gasteiger partial charge in [0.15, 0.2) is 0 Å². The molecule has 0 saturated carbocycles. The third kappa shape index (κ3) is 4.93. The van der Waals surface area contributed by atoms with Gasteiger partial charge in [-0.2, -0.15) is 0 Å². The minimum Gasteiger partial charge on any atom is -0.355 e. The zero-order valence-electron chi connectivity index (χ0n) is 19.6. The molecule has 2 aliphatic heterocycles. The number of hydrogen-bond donors (Lipinski definition) is 2. The molecular weight excluding hydrogens is 440 g/mol. The maximum Gasteiger partial charge on any atom is 0.0659 e. The van der Waals surface area contributed by atoms with Crippen LogP contribution in [0.3, 0.4) is 0 Å². The molecule has 7 rings (SSSR count). The number of H-pyrrole nitrogens is 2. The molecule has 8 bridgehead atoms. The van der Waals surface area contributed by atoms with Crippen LogP contribution in [0.1, 0.15) is 22.8 Å². The van der Waals surface area contributed by atoms with Crippen molar-refractivity contribution in [3.05, 3.63) is 132 Å². The number of aromatic nitrogens is 4. The van der Waals surface area contributed by atoms with E-state index in [-0.39, 0.29) is 0 Å². The summed E-state index contributed by atoms with van der Waals surface area (Å²) in [6.45, 7) is 0. The molecule has 0 unspecified atom stereocenters. The fraction of sp³-hybridized carbons (Fsp3) is 0. The van der Waals surface area contributed by atoms with E-state index in [9.17, 15) is 0 Å². The summed E-state index contributed by atoms with van der Waals surface area (Å²) in [5.41, 5.74) is 10.1. The average molecular weight is 465 g/mol. The standard InChI is InChI=1S/C26H18N4.C6H6/c1-2-4-17(5-3-1)25-15-24-14-22-9-8-20(28-22)12-18-6-7-19(27-18)13-21-10-11-23(29-21)16-26(25)30-24;1-2-4-6-5-3-1/h1-16,28,30H;1-6H. The Morgan fingerprint density at radius 3 is 1.58 bits per heavy atom. The molecule has 2 aromatic carbocycles. The first-order valence-corrected chi connectivity index (χ1v) is 11.9. The number of hydrogen-bond acceptors (Lipinski definition) is 2. The van der Waals surface area contributed by atoms with Crippen molar-refractivity contribution in [1.82, 2.24) is 19.9 Å². The number of nitrogens with zero attached hydrogens (tertiary/aromatic N) is 2. The molecule has 0 atom stereocenters. The van der Waals surface area contributed by atoms with Gasteiger partial charge in [-0.3, -0.25) is 0 Å². The molecule has 4 heteroatoms. The number of nitrogens with one attached hydrogen (secondary N) is 2. The van der Waals surface area contributed by atoms with E-state index in [4.69, 9.17) is 4.98 Å². The first kappa shape index (κ1) is 21.6. The van der Waals surface area contributed by atoms with Crippen molar-refractivity contribution in [1.29, 1.82) is 0 Å². The minimum absolute atomic E-state index is 0.903. The molecule has 0 fully saturated rings. The Morgan fingerprint density at radius 2 is 0.944 bits per heavy atom. The molecule has 3 aromatic heterocycles. The zero-order valence-corrected chi connectivity index (χ0v) is 19.6. The second kappa shape index (κ2) is 9.72. The summed E-state index contributed by atoms with van der Waals surface area (Å²) in [6.07, 6.45) is 8.10. The number of aromatic amines is 2. The maximum atomic E-state index is 4.76. The van der Waals surface area contributed by atoms with Crippen LogP contribution < -0.4 is 0 Å². The van der Waals surface area contributed by atoms with Crippen LogP contribution in [-0.4, -0.2) is 19.9 Å². The van der Waals surface area contributed by atoms with Crippen LogP contribution in [0.2, 0.25) is 0 Å². The summed E-state index contributed by atoms with van der Waals surface area (Å²) in [7, 11) is 0. The van der Waals surface area contributed by atoms with E-state index < -0.39 is 0 Å². The highest BCUT2D eigenvalue weighted by molar-refractivity contribution is 5.87. The maximum absolute atomic E-state index is 4.76. The third-order valence-corrected chi connectivity index (χ3v) is 5.92. The van der Waals surface area contributed by atoms with E-state index in [2.05, 4.69) is 69.5 Å². The van der Waals surface area contributed by atoms with E-state index in [0.29, 0.717) is 0 Å². The Hall–Kier alpha value is -4.96. The largest absolute Gasteiger partial charge is 0.355 e. The molecule has 4 nitrogen and oxygen atoms in total. The van der Waals surface area contributed by atoms with Gasteiger partial charge in [-0.05, 0) is 72.3 Å². The van der Waals surface area contributed by atoms with Crippen LogP contribution in [0, 0.1) is 0 Å². The van der Waals surface area contributed by atoms with Crippen molar-refractivity contribution < 1.29 is 0 Å². The quantitative estimate of drug-likeness (QED) is 0.258. The summed E-state index contributed by atoms with van der Waals surface area (Å²) >= 11 is 0. The SMILES string of the molecule is C1=Cc2cc3ccc(cc4cc(-c5ccccc5)c(cc5nc(cc1n2)C=C5)[nH]4)[nH]3.c1ccccc1. The van der Waals surface area contributed by atoms with Gasteiger partial charge in [-0.1, -0.05) is 66.7 Å². The Bertz CT molecular complexity index is 1700. The van der Waals surface area contributed by atoms with Crippen LogP contribution in [0.4, 0.5) is 0 Å². The molecule has 0 radical (unpaired) electrons. The van der Waals surface area contributed by atoms with Gasteiger partial charge in [0.2, 0.25) is 0 Å². The van der Waals surface area contributed by atoms with Crippen LogP contribution in [0.15, 0.2) is 109 Å². The van der Waals surface area contributed by atoms with Gasteiger partial charge < -0.3 is 9.97 Å². The molecule has 0 spiro atoms. The lowest BCUT2D eigenvalue weighted by molar-refractivity contribution is 1.28. The Kier molecular flexibility index (Phi) is 5.83. The molecule has 0 aliphatic carbocycles. The summed E-state index contributed by atoms with van der Waals surface area (Å²) in [5, 5.41) is 0. The normalized spacial score (nSPS) is 11.7.